The number of nitrogens with zero attached hydrogens (tertiary/aromatic N) is 1. The Bertz CT molecular complexity index is 1170. The van der Waals surface area contributed by atoms with Crippen LogP contribution in [0.5, 0.6) is 5.75 Å². The summed E-state index contributed by atoms with van der Waals surface area (Å²) in [6, 6.07) is 20.6. The van der Waals surface area contributed by atoms with Crippen molar-refractivity contribution in [3.05, 3.63) is 94.7 Å². The van der Waals surface area contributed by atoms with Crippen molar-refractivity contribution < 1.29 is 14.3 Å². The number of carbonyl (C=O) groups excluding carboxylic acids is 2. The van der Waals surface area contributed by atoms with E-state index in [9.17, 15) is 9.59 Å². The molecule has 4 rings (SSSR count). The molecule has 0 unspecified atom stereocenters. The summed E-state index contributed by atoms with van der Waals surface area (Å²) in [6.45, 7) is 5.90. The Balaban J connectivity index is 1.82. The number of benzene rings is 3. The van der Waals surface area contributed by atoms with E-state index in [0.29, 0.717) is 22.6 Å². The van der Waals surface area contributed by atoms with Crippen molar-refractivity contribution in [2.75, 3.05) is 17.3 Å². The molecular weight excluding hydrogens is 388 g/mol. The number of nitrogens with one attached hydrogen (secondary N) is 1. The molecule has 0 fully saturated rings. The van der Waals surface area contributed by atoms with Crippen LogP contribution >= 0.6 is 0 Å². The van der Waals surface area contributed by atoms with E-state index in [1.807, 2.05) is 63.2 Å². The number of ether oxygens (including phenoxy) is 1. The van der Waals surface area contributed by atoms with Crippen molar-refractivity contribution in [2.24, 2.45) is 0 Å². The summed E-state index contributed by atoms with van der Waals surface area (Å²) in [6.07, 6.45) is 0. The Morgan fingerprint density at radius 3 is 1.94 bits per heavy atom. The van der Waals surface area contributed by atoms with Crippen LogP contribution in [0.4, 0.5) is 11.4 Å². The predicted octanol–water partition coefficient (Wildman–Crippen LogP) is 5.02. The van der Waals surface area contributed by atoms with Gasteiger partial charge >= 0.3 is 0 Å². The number of rotatable bonds is 5. The van der Waals surface area contributed by atoms with E-state index in [0.717, 1.165) is 22.4 Å². The number of hydrogen-bond acceptors (Lipinski definition) is 4. The van der Waals surface area contributed by atoms with Crippen LogP contribution in [0.15, 0.2) is 72.4 Å². The molecule has 0 radical (unpaired) electrons. The summed E-state index contributed by atoms with van der Waals surface area (Å²) in [5.74, 6) is -0.0449. The van der Waals surface area contributed by atoms with Gasteiger partial charge in [0.2, 0.25) is 0 Å². The third kappa shape index (κ3) is 3.94. The second kappa shape index (κ2) is 8.11. The SMILES string of the molecule is COc1ccc(C2=C(Nc3ccc(C)cc3)C(=O)N(c3cc(C)cc(C)c3)C2=O)cc1. The zero-order chi connectivity index (χ0) is 22.1. The van der Waals surface area contributed by atoms with Gasteiger partial charge in [0.25, 0.3) is 11.8 Å². The van der Waals surface area contributed by atoms with Gasteiger partial charge in [-0.3, -0.25) is 9.59 Å². The zero-order valence-electron chi connectivity index (χ0n) is 18.0. The highest BCUT2D eigenvalue weighted by Gasteiger charge is 2.40. The molecule has 0 saturated heterocycles. The Labute approximate surface area is 182 Å². The molecule has 31 heavy (non-hydrogen) atoms. The normalized spacial score (nSPS) is 13.7. The lowest BCUT2D eigenvalue weighted by molar-refractivity contribution is -0.120. The molecule has 2 amide bonds. The first-order valence-corrected chi connectivity index (χ1v) is 10.1. The van der Waals surface area contributed by atoms with Gasteiger partial charge in [-0.1, -0.05) is 35.9 Å². The number of imide groups is 1. The molecule has 3 aromatic rings. The molecule has 3 aromatic carbocycles. The highest BCUT2D eigenvalue weighted by atomic mass is 16.5. The van der Waals surface area contributed by atoms with Gasteiger partial charge in [0.15, 0.2) is 0 Å². The number of methoxy groups -OCH3 is 1. The number of carbonyl (C=O) groups is 2. The standard InChI is InChI=1S/C26H24N2O3/c1-16-5-9-20(10-6-16)27-24-23(19-7-11-22(31-4)12-8-19)25(29)28(26(24)30)21-14-17(2)13-18(3)15-21/h5-15,27H,1-4H3. The van der Waals surface area contributed by atoms with E-state index < -0.39 is 0 Å². The fourth-order valence-corrected chi connectivity index (χ4v) is 3.77. The summed E-state index contributed by atoms with van der Waals surface area (Å²) < 4.78 is 5.24. The lowest BCUT2D eigenvalue weighted by Gasteiger charge is -2.17. The molecule has 0 atom stereocenters. The monoisotopic (exact) mass is 412 g/mol. The maximum Gasteiger partial charge on any atom is 0.282 e. The highest BCUT2D eigenvalue weighted by molar-refractivity contribution is 6.46. The Morgan fingerprint density at radius 2 is 1.35 bits per heavy atom. The fraction of sp³-hybridized carbons (Fsp3) is 0.154. The van der Waals surface area contributed by atoms with Crippen LogP contribution in [0.2, 0.25) is 0 Å². The summed E-state index contributed by atoms with van der Waals surface area (Å²) in [4.78, 5) is 28.2. The van der Waals surface area contributed by atoms with Crippen LogP contribution in [0.3, 0.4) is 0 Å². The first kappa shape index (κ1) is 20.4. The Morgan fingerprint density at radius 1 is 0.742 bits per heavy atom. The molecule has 0 aromatic heterocycles. The van der Waals surface area contributed by atoms with Crippen LogP contribution in [0, 0.1) is 20.8 Å². The summed E-state index contributed by atoms with van der Waals surface area (Å²) in [7, 11) is 1.59. The van der Waals surface area contributed by atoms with E-state index in [2.05, 4.69) is 5.32 Å². The van der Waals surface area contributed by atoms with Gasteiger partial charge in [-0.25, -0.2) is 4.90 Å². The van der Waals surface area contributed by atoms with Gasteiger partial charge in [-0.2, -0.15) is 0 Å². The minimum atomic E-state index is -0.374. The molecule has 5 nitrogen and oxygen atoms in total. The zero-order valence-corrected chi connectivity index (χ0v) is 18.0. The number of hydrogen-bond donors (Lipinski definition) is 1. The quantitative estimate of drug-likeness (QED) is 0.598. The van der Waals surface area contributed by atoms with Crippen molar-refractivity contribution in [1.82, 2.24) is 0 Å². The maximum atomic E-state index is 13.5. The van der Waals surface area contributed by atoms with Crippen molar-refractivity contribution >= 4 is 28.8 Å². The summed E-state index contributed by atoms with van der Waals surface area (Å²) in [5.41, 5.74) is 5.66. The molecule has 1 N–H and O–H groups in total. The summed E-state index contributed by atoms with van der Waals surface area (Å²) in [5, 5.41) is 3.19. The van der Waals surface area contributed by atoms with Crippen molar-refractivity contribution in [1.29, 1.82) is 0 Å². The van der Waals surface area contributed by atoms with Crippen molar-refractivity contribution in [2.45, 2.75) is 20.8 Å². The first-order valence-electron chi connectivity index (χ1n) is 10.1. The van der Waals surface area contributed by atoms with Crippen LogP contribution in [0.25, 0.3) is 5.57 Å². The molecule has 0 saturated carbocycles. The van der Waals surface area contributed by atoms with Gasteiger partial charge in [0, 0.05) is 5.69 Å². The van der Waals surface area contributed by atoms with Gasteiger partial charge in [-0.05, 0) is 73.9 Å². The van der Waals surface area contributed by atoms with Gasteiger partial charge in [-0.15, -0.1) is 0 Å². The molecule has 0 aliphatic carbocycles. The topological polar surface area (TPSA) is 58.6 Å². The predicted molar refractivity (Wildman–Crippen MR) is 123 cm³/mol. The second-order valence-electron chi connectivity index (χ2n) is 7.76. The molecule has 1 heterocycles. The average molecular weight is 412 g/mol. The molecule has 0 spiro atoms. The fourth-order valence-electron chi connectivity index (χ4n) is 3.77. The van der Waals surface area contributed by atoms with E-state index in [4.69, 9.17) is 4.74 Å². The van der Waals surface area contributed by atoms with E-state index in [1.165, 1.54) is 4.90 Å². The average Bonchev–Trinajstić information content (AvgIpc) is 2.98. The molecule has 0 bridgehead atoms. The lowest BCUT2D eigenvalue weighted by atomic mass is 10.0. The number of amides is 2. The largest absolute Gasteiger partial charge is 0.497 e. The van der Waals surface area contributed by atoms with Crippen molar-refractivity contribution in [3.63, 3.8) is 0 Å². The van der Waals surface area contributed by atoms with Crippen LogP contribution in [-0.4, -0.2) is 18.9 Å². The number of anilines is 2. The Kier molecular flexibility index (Phi) is 5.34. The minimum Gasteiger partial charge on any atom is -0.497 e. The lowest BCUT2D eigenvalue weighted by Crippen LogP contribution is -2.32. The van der Waals surface area contributed by atoms with Crippen LogP contribution in [0.1, 0.15) is 22.3 Å². The van der Waals surface area contributed by atoms with Gasteiger partial charge in [0.1, 0.15) is 11.4 Å². The minimum absolute atomic E-state index is 0.262. The molecule has 1 aliphatic rings. The van der Waals surface area contributed by atoms with Crippen LogP contribution in [-0.2, 0) is 9.59 Å². The van der Waals surface area contributed by atoms with Crippen LogP contribution < -0.4 is 15.0 Å². The summed E-state index contributed by atoms with van der Waals surface area (Å²) >= 11 is 0. The van der Waals surface area contributed by atoms with Gasteiger partial charge in [0.05, 0.1) is 18.4 Å². The number of aryl methyl sites for hydroxylation is 3. The van der Waals surface area contributed by atoms with E-state index >= 15 is 0 Å². The Hall–Kier alpha value is -3.86. The first-order chi connectivity index (χ1) is 14.9. The van der Waals surface area contributed by atoms with Crippen molar-refractivity contribution in [3.8, 4) is 5.75 Å². The third-order valence-electron chi connectivity index (χ3n) is 5.25. The molecule has 1 aliphatic heterocycles. The van der Waals surface area contributed by atoms with Gasteiger partial charge < -0.3 is 10.1 Å². The van der Waals surface area contributed by atoms with E-state index in [1.54, 1.807) is 31.4 Å². The third-order valence-corrected chi connectivity index (χ3v) is 5.25. The maximum absolute atomic E-state index is 13.5. The highest BCUT2D eigenvalue weighted by Crippen LogP contribution is 2.35. The second-order valence-corrected chi connectivity index (χ2v) is 7.76. The molecular formula is C26H24N2O3. The van der Waals surface area contributed by atoms with E-state index in [-0.39, 0.29) is 17.5 Å². The molecule has 5 heteroatoms. The molecule has 156 valence electrons. The smallest absolute Gasteiger partial charge is 0.282 e.